The Morgan fingerprint density at radius 3 is 2.52 bits per heavy atom. The molecule has 0 N–H and O–H groups in total. The van der Waals surface area contributed by atoms with Crippen molar-refractivity contribution in [2.24, 2.45) is 11.8 Å². The average Bonchev–Trinajstić information content (AvgIpc) is 3.11. The molecule has 2 aromatic rings. The van der Waals surface area contributed by atoms with Crippen molar-refractivity contribution in [3.8, 4) is 0 Å². The van der Waals surface area contributed by atoms with Crippen LogP contribution >= 0.6 is 0 Å². The number of aldehydes is 1. The van der Waals surface area contributed by atoms with E-state index in [4.69, 9.17) is 0 Å². The van der Waals surface area contributed by atoms with Crippen molar-refractivity contribution in [1.82, 2.24) is 0 Å². The zero-order valence-electron chi connectivity index (χ0n) is 14.9. The molecule has 1 spiro atoms. The summed E-state index contributed by atoms with van der Waals surface area (Å²) in [6, 6.07) is 17.0. The quantitative estimate of drug-likeness (QED) is 0.475. The second-order valence-corrected chi connectivity index (χ2v) is 7.43. The second kappa shape index (κ2) is 6.30. The molecule has 0 unspecified atom stereocenters. The summed E-state index contributed by atoms with van der Waals surface area (Å²) in [4.78, 5) is 38.1. The van der Waals surface area contributed by atoms with Crippen LogP contribution in [-0.2, 0) is 15.0 Å². The fraction of sp³-hybridized carbons (Fsp3) is 0.333. The highest BCUT2D eigenvalue weighted by Crippen LogP contribution is 2.61. The first-order chi connectivity index (χ1) is 13.0. The summed E-state index contributed by atoms with van der Waals surface area (Å²) in [6.45, 7) is -0.312. The maximum atomic E-state index is 13.5. The number of likely N-dealkylation sites (N-methyl/N-ethyl adjacent to an activating group) is 1. The van der Waals surface area contributed by atoms with Crippen LogP contribution in [0.25, 0.3) is 0 Å². The summed E-state index contributed by atoms with van der Waals surface area (Å²) < 4.78 is 0. The molecule has 1 saturated carbocycles. The number of nitro groups is 1. The molecular formula is C21H20N2O4. The summed E-state index contributed by atoms with van der Waals surface area (Å²) >= 11 is 0. The molecular weight excluding hydrogens is 344 g/mol. The average molecular weight is 364 g/mol. The summed E-state index contributed by atoms with van der Waals surface area (Å²) in [5, 5.41) is 11.2. The van der Waals surface area contributed by atoms with Crippen LogP contribution in [0.1, 0.15) is 23.5 Å². The Balaban J connectivity index is 1.96. The molecule has 1 aliphatic heterocycles. The Kier molecular flexibility index (Phi) is 4.06. The smallest absolute Gasteiger partial charge is 0.238 e. The lowest BCUT2D eigenvalue weighted by Crippen LogP contribution is -2.41. The van der Waals surface area contributed by atoms with E-state index in [-0.39, 0.29) is 17.4 Å². The Morgan fingerprint density at radius 2 is 1.85 bits per heavy atom. The van der Waals surface area contributed by atoms with Gasteiger partial charge in [0.05, 0.1) is 5.41 Å². The van der Waals surface area contributed by atoms with Gasteiger partial charge in [0, 0.05) is 35.4 Å². The first-order valence-electron chi connectivity index (χ1n) is 9.00. The third-order valence-electron chi connectivity index (χ3n) is 6.18. The minimum absolute atomic E-state index is 0.0877. The van der Waals surface area contributed by atoms with Crippen LogP contribution < -0.4 is 4.90 Å². The fourth-order valence-corrected chi connectivity index (χ4v) is 5.18. The lowest BCUT2D eigenvalue weighted by atomic mass is 9.68. The monoisotopic (exact) mass is 364 g/mol. The molecule has 2 aliphatic rings. The van der Waals surface area contributed by atoms with Crippen molar-refractivity contribution in [2.45, 2.75) is 17.8 Å². The van der Waals surface area contributed by atoms with Gasteiger partial charge < -0.3 is 9.69 Å². The number of rotatable bonds is 4. The van der Waals surface area contributed by atoms with E-state index in [1.54, 1.807) is 11.9 Å². The van der Waals surface area contributed by atoms with Gasteiger partial charge in [-0.3, -0.25) is 14.9 Å². The predicted octanol–water partition coefficient (Wildman–Crippen LogP) is 2.80. The number of benzene rings is 2. The first kappa shape index (κ1) is 17.4. The maximum Gasteiger partial charge on any atom is 0.238 e. The van der Waals surface area contributed by atoms with Crippen molar-refractivity contribution >= 4 is 17.9 Å². The van der Waals surface area contributed by atoms with Crippen LogP contribution in [0.5, 0.6) is 0 Å². The van der Waals surface area contributed by atoms with Gasteiger partial charge in [-0.05, 0) is 23.6 Å². The summed E-state index contributed by atoms with van der Waals surface area (Å²) in [7, 11) is 1.73. The number of fused-ring (bicyclic) bond motifs is 2. The minimum atomic E-state index is -0.945. The van der Waals surface area contributed by atoms with Gasteiger partial charge in [0.2, 0.25) is 12.5 Å². The molecule has 0 bridgehead atoms. The maximum absolute atomic E-state index is 13.5. The Hall–Kier alpha value is -3.02. The summed E-state index contributed by atoms with van der Waals surface area (Å²) in [6.07, 6.45) is 1.12. The number of carbonyl (C=O) groups excluding carboxylic acids is 2. The summed E-state index contributed by atoms with van der Waals surface area (Å²) in [5.74, 6) is -1.57. The SMILES string of the molecule is CN1C(=O)[C@]2(C[C@@H](C[N+](=O)[O-])[C@H](C=O)[C@H]2c2ccccc2)c2ccccc21. The van der Waals surface area contributed by atoms with Crippen LogP contribution in [0.15, 0.2) is 54.6 Å². The number of anilines is 1. The van der Waals surface area contributed by atoms with Crippen LogP contribution in [0.2, 0.25) is 0 Å². The Morgan fingerprint density at radius 1 is 1.19 bits per heavy atom. The molecule has 1 amide bonds. The van der Waals surface area contributed by atoms with E-state index in [1.165, 1.54) is 0 Å². The number of hydrogen-bond acceptors (Lipinski definition) is 4. The van der Waals surface area contributed by atoms with Crippen molar-refractivity contribution < 1.29 is 14.5 Å². The highest BCUT2D eigenvalue weighted by Gasteiger charge is 2.64. The molecule has 138 valence electrons. The van der Waals surface area contributed by atoms with Gasteiger partial charge in [0.1, 0.15) is 6.29 Å². The molecule has 6 nitrogen and oxygen atoms in total. The van der Waals surface area contributed by atoms with E-state index in [1.807, 2.05) is 54.6 Å². The molecule has 4 rings (SSSR count). The molecule has 1 aliphatic carbocycles. The zero-order chi connectivity index (χ0) is 19.2. The normalized spacial score (nSPS) is 29.1. The van der Waals surface area contributed by atoms with Crippen molar-refractivity contribution in [2.75, 3.05) is 18.5 Å². The molecule has 6 heteroatoms. The van der Waals surface area contributed by atoms with Gasteiger partial charge in [-0.2, -0.15) is 0 Å². The standard InChI is InChI=1S/C21H20N2O4/c1-22-18-10-6-5-9-17(18)21(20(22)25)11-15(12-23(26)27)16(13-24)19(21)14-7-3-2-4-8-14/h2-10,13,15-16,19H,11-12H2,1H3/t15-,16-,19+,21+/m0/s1. The van der Waals surface area contributed by atoms with E-state index in [2.05, 4.69) is 0 Å². The largest absolute Gasteiger partial charge is 0.314 e. The third-order valence-corrected chi connectivity index (χ3v) is 6.18. The fourth-order valence-electron chi connectivity index (χ4n) is 5.18. The number of carbonyl (C=O) groups is 2. The van der Waals surface area contributed by atoms with Crippen LogP contribution in [-0.4, -0.2) is 30.7 Å². The predicted molar refractivity (Wildman–Crippen MR) is 100 cm³/mol. The van der Waals surface area contributed by atoms with Crippen molar-refractivity contribution in [3.63, 3.8) is 0 Å². The minimum Gasteiger partial charge on any atom is -0.314 e. The molecule has 1 fully saturated rings. The number of para-hydroxylation sites is 1. The first-order valence-corrected chi connectivity index (χ1v) is 9.00. The number of amides is 1. The van der Waals surface area contributed by atoms with Gasteiger partial charge in [-0.25, -0.2) is 0 Å². The van der Waals surface area contributed by atoms with Crippen molar-refractivity contribution in [3.05, 3.63) is 75.8 Å². The lowest BCUT2D eigenvalue weighted by molar-refractivity contribution is -0.488. The zero-order valence-corrected chi connectivity index (χ0v) is 14.9. The Bertz CT molecular complexity index is 913. The van der Waals surface area contributed by atoms with Crippen LogP contribution in [0.3, 0.4) is 0 Å². The van der Waals surface area contributed by atoms with Gasteiger partial charge in [-0.15, -0.1) is 0 Å². The molecule has 1 heterocycles. The van der Waals surface area contributed by atoms with E-state index in [0.717, 1.165) is 23.1 Å². The van der Waals surface area contributed by atoms with Gasteiger partial charge in [-0.1, -0.05) is 48.5 Å². The highest BCUT2D eigenvalue weighted by atomic mass is 16.6. The molecule has 2 aromatic carbocycles. The molecule has 0 radical (unpaired) electrons. The number of hydrogen-bond donors (Lipinski definition) is 0. The second-order valence-electron chi connectivity index (χ2n) is 7.43. The van der Waals surface area contributed by atoms with Crippen LogP contribution in [0, 0.1) is 22.0 Å². The van der Waals surface area contributed by atoms with E-state index < -0.39 is 23.2 Å². The van der Waals surface area contributed by atoms with Crippen LogP contribution in [0.4, 0.5) is 5.69 Å². The van der Waals surface area contributed by atoms with E-state index in [0.29, 0.717) is 6.42 Å². The van der Waals surface area contributed by atoms with Gasteiger partial charge >= 0.3 is 0 Å². The van der Waals surface area contributed by atoms with Gasteiger partial charge in [0.25, 0.3) is 0 Å². The lowest BCUT2D eigenvalue weighted by Gasteiger charge is -2.32. The van der Waals surface area contributed by atoms with Crippen molar-refractivity contribution in [1.29, 1.82) is 0 Å². The molecule has 0 aromatic heterocycles. The summed E-state index contributed by atoms with van der Waals surface area (Å²) in [5.41, 5.74) is 1.61. The topological polar surface area (TPSA) is 80.5 Å². The highest BCUT2D eigenvalue weighted by molar-refractivity contribution is 6.09. The van der Waals surface area contributed by atoms with Gasteiger partial charge in [0.15, 0.2) is 0 Å². The number of nitrogens with zero attached hydrogens (tertiary/aromatic N) is 2. The molecule has 4 atom stereocenters. The third kappa shape index (κ3) is 2.40. The molecule has 0 saturated heterocycles. The van der Waals surface area contributed by atoms with E-state index >= 15 is 0 Å². The van der Waals surface area contributed by atoms with E-state index in [9.17, 15) is 19.7 Å². The molecule has 27 heavy (non-hydrogen) atoms. The Labute approximate surface area is 156 Å².